The molecule has 0 saturated heterocycles. The highest BCUT2D eigenvalue weighted by Gasteiger charge is 2.17. The van der Waals surface area contributed by atoms with Crippen LogP contribution < -0.4 is 5.32 Å². The first-order chi connectivity index (χ1) is 15.5. The number of hydrogen-bond acceptors (Lipinski definition) is 8. The number of benzene rings is 1. The highest BCUT2D eigenvalue weighted by molar-refractivity contribution is 5.97. The number of pyridine rings is 1. The van der Waals surface area contributed by atoms with Crippen molar-refractivity contribution < 1.29 is 9.32 Å². The molecule has 0 amide bonds. The maximum Gasteiger partial charge on any atom is 0.173 e. The summed E-state index contributed by atoms with van der Waals surface area (Å²) < 4.78 is 8.18. The number of rotatable bonds is 5. The monoisotopic (exact) mass is 424 g/mol. The van der Waals surface area contributed by atoms with Crippen LogP contribution in [0.25, 0.3) is 22.7 Å². The quantitative estimate of drug-likeness (QED) is 0.423. The van der Waals surface area contributed by atoms with E-state index in [1.807, 2.05) is 35.8 Å². The van der Waals surface area contributed by atoms with E-state index in [4.69, 9.17) is 9.51 Å². The van der Waals surface area contributed by atoms with Gasteiger partial charge in [-0.2, -0.15) is 10.4 Å². The zero-order chi connectivity index (χ0) is 22.2. The van der Waals surface area contributed by atoms with Crippen LogP contribution in [0.5, 0.6) is 0 Å². The molecule has 0 atom stereocenters. The van der Waals surface area contributed by atoms with Gasteiger partial charge in [-0.25, -0.2) is 14.6 Å². The van der Waals surface area contributed by atoms with Crippen molar-refractivity contribution in [1.82, 2.24) is 29.5 Å². The lowest BCUT2D eigenvalue weighted by molar-refractivity contribution is 0.101. The normalized spacial score (nSPS) is 10.9. The number of aryl methyl sites for hydroxylation is 1. The van der Waals surface area contributed by atoms with Crippen molar-refractivity contribution in [3.8, 4) is 17.7 Å². The predicted molar refractivity (Wildman–Crippen MR) is 115 cm³/mol. The molecule has 0 spiro atoms. The first-order valence-electron chi connectivity index (χ1n) is 9.67. The number of ketones is 1. The molecule has 0 radical (unpaired) electrons. The number of imidazole rings is 1. The summed E-state index contributed by atoms with van der Waals surface area (Å²) in [4.78, 5) is 21.4. The average Bonchev–Trinajstić information content (AvgIpc) is 3.53. The smallest absolute Gasteiger partial charge is 0.173 e. The van der Waals surface area contributed by atoms with Crippen molar-refractivity contribution in [3.63, 3.8) is 0 Å². The molecule has 0 aliphatic rings. The molecular weight excluding hydrogens is 408 g/mol. The summed E-state index contributed by atoms with van der Waals surface area (Å²) in [7, 11) is 0. The lowest BCUT2D eigenvalue weighted by Crippen LogP contribution is -2.11. The fraction of sp³-hybridized carbons (Fsp3) is 0.0909. The molecule has 32 heavy (non-hydrogen) atoms. The Balaban J connectivity index is 1.59. The number of nitrogens with one attached hydrogen (secondary N) is 1. The molecule has 5 rings (SSSR count). The number of carbonyl (C=O) groups is 1. The van der Waals surface area contributed by atoms with Gasteiger partial charge in [0.2, 0.25) is 0 Å². The largest absolute Gasteiger partial charge is 0.363 e. The van der Waals surface area contributed by atoms with Gasteiger partial charge in [0.05, 0.1) is 16.6 Å². The summed E-state index contributed by atoms with van der Waals surface area (Å²) in [6, 6.07) is 14.6. The first-order valence-corrected chi connectivity index (χ1v) is 9.67. The van der Waals surface area contributed by atoms with Crippen LogP contribution in [-0.2, 0) is 0 Å². The minimum atomic E-state index is -0.147. The van der Waals surface area contributed by atoms with Crippen LogP contribution in [0.1, 0.15) is 28.7 Å². The molecule has 4 aromatic heterocycles. The molecule has 0 aliphatic carbocycles. The molecule has 4 heterocycles. The fourth-order valence-electron chi connectivity index (χ4n) is 3.45. The Morgan fingerprint density at radius 2 is 2.06 bits per heavy atom. The molecule has 0 saturated carbocycles. The second-order valence-corrected chi connectivity index (χ2v) is 7.12. The summed E-state index contributed by atoms with van der Waals surface area (Å²) >= 11 is 0. The van der Waals surface area contributed by atoms with E-state index in [1.165, 1.54) is 17.9 Å². The first kappa shape index (κ1) is 19.2. The highest BCUT2D eigenvalue weighted by atomic mass is 16.5. The Labute approximate surface area is 181 Å². The Morgan fingerprint density at radius 1 is 1.19 bits per heavy atom. The lowest BCUT2D eigenvalue weighted by Gasteiger charge is -2.11. The molecule has 0 aliphatic heterocycles. The number of hydrogen-bond donors (Lipinski definition) is 1. The van der Waals surface area contributed by atoms with Crippen LogP contribution in [0.3, 0.4) is 0 Å². The van der Waals surface area contributed by atoms with Gasteiger partial charge in [0, 0.05) is 17.4 Å². The van der Waals surface area contributed by atoms with Crippen LogP contribution in [-0.4, -0.2) is 35.3 Å². The van der Waals surface area contributed by atoms with E-state index in [0.29, 0.717) is 28.7 Å². The molecule has 10 nitrogen and oxygen atoms in total. The maximum absolute atomic E-state index is 12.2. The fourth-order valence-corrected chi connectivity index (χ4v) is 3.45. The minimum absolute atomic E-state index is 0.147. The van der Waals surface area contributed by atoms with Gasteiger partial charge in [0.25, 0.3) is 0 Å². The number of nitrogens with zero attached hydrogens (tertiary/aromatic N) is 7. The molecule has 5 aromatic rings. The summed E-state index contributed by atoms with van der Waals surface area (Å²) in [6.07, 6.45) is 3.16. The predicted octanol–water partition coefficient (Wildman–Crippen LogP) is 3.72. The van der Waals surface area contributed by atoms with Crippen LogP contribution >= 0.6 is 0 Å². The molecule has 0 bridgehead atoms. The van der Waals surface area contributed by atoms with Crippen LogP contribution in [0.4, 0.5) is 11.5 Å². The highest BCUT2D eigenvalue weighted by Crippen LogP contribution is 2.24. The Bertz CT molecular complexity index is 1510. The standard InChI is InChI=1S/C22H16N8O2/c1-13-9-16(11-23)27-30(13)22-17(14(2)31)4-6-21(26-22)29-12-24-18-10-15(3-5-19(18)29)25-20-7-8-32-28-20/h3-10,12H,1-2H3,(H,25,28). The number of carbonyl (C=O) groups excluding carboxylic acids is 1. The van der Waals surface area contributed by atoms with Gasteiger partial charge in [0.15, 0.2) is 23.1 Å². The van der Waals surface area contributed by atoms with Gasteiger partial charge in [-0.15, -0.1) is 0 Å². The molecule has 1 N–H and O–H groups in total. The molecular formula is C22H16N8O2. The second-order valence-electron chi connectivity index (χ2n) is 7.12. The molecule has 1 aromatic carbocycles. The molecule has 156 valence electrons. The third-order valence-corrected chi connectivity index (χ3v) is 4.95. The van der Waals surface area contributed by atoms with Crippen molar-refractivity contribution in [2.75, 3.05) is 5.32 Å². The zero-order valence-electron chi connectivity index (χ0n) is 17.1. The summed E-state index contributed by atoms with van der Waals surface area (Å²) in [5.41, 5.74) is 3.76. The maximum atomic E-state index is 12.2. The van der Waals surface area contributed by atoms with E-state index in [2.05, 4.69) is 20.6 Å². The van der Waals surface area contributed by atoms with Crippen molar-refractivity contribution in [2.45, 2.75) is 13.8 Å². The van der Waals surface area contributed by atoms with Crippen LogP contribution in [0.2, 0.25) is 0 Å². The summed E-state index contributed by atoms with van der Waals surface area (Å²) in [5, 5.41) is 20.4. The molecule has 0 fully saturated rings. The lowest BCUT2D eigenvalue weighted by atomic mass is 10.2. The van der Waals surface area contributed by atoms with Crippen molar-refractivity contribution in [1.29, 1.82) is 5.26 Å². The minimum Gasteiger partial charge on any atom is -0.363 e. The number of fused-ring (bicyclic) bond motifs is 1. The third kappa shape index (κ3) is 3.27. The van der Waals surface area contributed by atoms with Gasteiger partial charge < -0.3 is 9.84 Å². The molecule has 10 heteroatoms. The third-order valence-electron chi connectivity index (χ3n) is 4.95. The van der Waals surface area contributed by atoms with Gasteiger partial charge in [0.1, 0.15) is 24.5 Å². The topological polar surface area (TPSA) is 127 Å². The summed E-state index contributed by atoms with van der Waals surface area (Å²) in [5.74, 6) is 1.38. The number of nitriles is 1. The van der Waals surface area contributed by atoms with Crippen molar-refractivity contribution >= 4 is 28.3 Å². The molecule has 0 unspecified atom stereocenters. The average molecular weight is 424 g/mol. The van der Waals surface area contributed by atoms with E-state index >= 15 is 0 Å². The van der Waals surface area contributed by atoms with E-state index < -0.39 is 0 Å². The van der Waals surface area contributed by atoms with Gasteiger partial charge in [-0.3, -0.25) is 9.36 Å². The van der Waals surface area contributed by atoms with E-state index in [0.717, 1.165) is 16.7 Å². The SMILES string of the molecule is CC(=O)c1ccc(-n2cnc3cc(Nc4ccon4)ccc32)nc1-n1nc(C#N)cc1C. The second kappa shape index (κ2) is 7.48. The zero-order valence-corrected chi connectivity index (χ0v) is 17.1. The number of Topliss-reactive ketones (excluding diaryl/α,β-unsaturated/α-hetero) is 1. The van der Waals surface area contributed by atoms with Crippen molar-refractivity contribution in [2.24, 2.45) is 0 Å². The van der Waals surface area contributed by atoms with Gasteiger partial charge >= 0.3 is 0 Å². The van der Waals surface area contributed by atoms with E-state index in [1.54, 1.807) is 30.6 Å². The van der Waals surface area contributed by atoms with Gasteiger partial charge in [-0.05, 0) is 50.2 Å². The summed E-state index contributed by atoms with van der Waals surface area (Å²) in [6.45, 7) is 3.28. The Hall–Kier alpha value is -4.78. The van der Waals surface area contributed by atoms with E-state index in [9.17, 15) is 10.1 Å². The Kier molecular flexibility index (Phi) is 4.49. The van der Waals surface area contributed by atoms with Crippen molar-refractivity contribution in [3.05, 3.63) is 72.0 Å². The van der Waals surface area contributed by atoms with E-state index in [-0.39, 0.29) is 11.5 Å². The number of aromatic nitrogens is 6. The van der Waals surface area contributed by atoms with Crippen LogP contribution in [0, 0.1) is 18.3 Å². The van der Waals surface area contributed by atoms with Crippen LogP contribution in [0.15, 0.2) is 59.6 Å². The number of anilines is 2. The Morgan fingerprint density at radius 3 is 2.78 bits per heavy atom. The van der Waals surface area contributed by atoms with Gasteiger partial charge in [-0.1, -0.05) is 5.16 Å².